The fourth-order valence-corrected chi connectivity index (χ4v) is 0.875. The molecule has 80 valence electrons. The lowest BCUT2D eigenvalue weighted by atomic mass is 10.2. The van der Waals surface area contributed by atoms with E-state index in [4.69, 9.17) is 12.2 Å². The largest absolute Gasteiger partial charge is 0.364 e. The number of hydrazone groups is 1. The van der Waals surface area contributed by atoms with Crippen LogP contribution >= 0.6 is 12.2 Å². The molecular formula is C9H9F2N3S. The van der Waals surface area contributed by atoms with Gasteiger partial charge in [0.2, 0.25) is 0 Å². The Hall–Kier alpha value is -1.56. The van der Waals surface area contributed by atoms with Crippen molar-refractivity contribution < 1.29 is 8.78 Å². The first-order chi connectivity index (χ1) is 7.13. The van der Waals surface area contributed by atoms with Gasteiger partial charge in [-0.3, -0.25) is 5.43 Å². The van der Waals surface area contributed by atoms with E-state index in [1.807, 2.05) is 0 Å². The van der Waals surface area contributed by atoms with Gasteiger partial charge in [-0.15, -0.1) is 0 Å². The summed E-state index contributed by atoms with van der Waals surface area (Å²) in [4.78, 5) is 0. The molecule has 0 aliphatic rings. The van der Waals surface area contributed by atoms with Crippen molar-refractivity contribution >= 4 is 23.5 Å². The van der Waals surface area contributed by atoms with Gasteiger partial charge in [-0.05, 0) is 24.4 Å². The Balaban J connectivity index is 2.68. The van der Waals surface area contributed by atoms with Gasteiger partial charge in [0.05, 0.1) is 6.21 Å². The molecule has 0 radical (unpaired) electrons. The summed E-state index contributed by atoms with van der Waals surface area (Å²) in [7, 11) is 1.63. The first-order valence-corrected chi connectivity index (χ1v) is 4.50. The summed E-state index contributed by atoms with van der Waals surface area (Å²) in [5, 5.41) is 6.60. The molecule has 3 nitrogen and oxygen atoms in total. The van der Waals surface area contributed by atoms with Crippen LogP contribution in [0, 0.1) is 11.6 Å². The smallest absolute Gasteiger partial charge is 0.186 e. The molecule has 0 saturated heterocycles. The lowest BCUT2D eigenvalue weighted by Gasteiger charge is -2.00. The van der Waals surface area contributed by atoms with Crippen molar-refractivity contribution in [2.75, 3.05) is 7.05 Å². The van der Waals surface area contributed by atoms with Crippen LogP contribution in [0.3, 0.4) is 0 Å². The van der Waals surface area contributed by atoms with E-state index >= 15 is 0 Å². The van der Waals surface area contributed by atoms with Gasteiger partial charge in [0.25, 0.3) is 0 Å². The van der Waals surface area contributed by atoms with Crippen LogP contribution in [0.5, 0.6) is 0 Å². The topological polar surface area (TPSA) is 36.4 Å². The van der Waals surface area contributed by atoms with E-state index in [2.05, 4.69) is 15.8 Å². The van der Waals surface area contributed by atoms with E-state index in [0.717, 1.165) is 12.1 Å². The summed E-state index contributed by atoms with van der Waals surface area (Å²) in [6.45, 7) is 0. The maximum atomic E-state index is 13.0. The van der Waals surface area contributed by atoms with Crippen molar-refractivity contribution in [3.05, 3.63) is 35.4 Å². The zero-order valence-corrected chi connectivity index (χ0v) is 8.74. The predicted molar refractivity (Wildman–Crippen MR) is 58.7 cm³/mol. The minimum absolute atomic E-state index is 0.183. The summed E-state index contributed by atoms with van der Waals surface area (Å²) in [5.74, 6) is -1.29. The Bertz CT molecular complexity index is 393. The second kappa shape index (κ2) is 5.35. The molecule has 1 rings (SSSR count). The number of halogens is 2. The molecule has 2 N–H and O–H groups in total. The van der Waals surface area contributed by atoms with Gasteiger partial charge >= 0.3 is 0 Å². The third-order valence-corrected chi connectivity index (χ3v) is 1.85. The van der Waals surface area contributed by atoms with Gasteiger partial charge in [-0.1, -0.05) is 0 Å². The van der Waals surface area contributed by atoms with E-state index < -0.39 is 11.6 Å². The van der Waals surface area contributed by atoms with Crippen molar-refractivity contribution in [2.45, 2.75) is 0 Å². The normalized spacial score (nSPS) is 10.3. The minimum Gasteiger partial charge on any atom is -0.364 e. The SMILES string of the molecule is CNC(=S)N/N=C/c1ccc(F)cc1F. The van der Waals surface area contributed by atoms with Gasteiger partial charge in [-0.2, -0.15) is 5.10 Å². The van der Waals surface area contributed by atoms with Crippen LogP contribution in [0.15, 0.2) is 23.3 Å². The Morgan fingerprint density at radius 2 is 2.20 bits per heavy atom. The van der Waals surface area contributed by atoms with Gasteiger partial charge in [0, 0.05) is 18.7 Å². The monoisotopic (exact) mass is 229 g/mol. The van der Waals surface area contributed by atoms with Crippen molar-refractivity contribution in [3.8, 4) is 0 Å². The van der Waals surface area contributed by atoms with Crippen LogP contribution < -0.4 is 10.7 Å². The standard InChI is InChI=1S/C9H9F2N3S/c1-12-9(15)14-13-5-6-2-3-7(10)4-8(6)11/h2-5H,1H3,(H2,12,14,15)/b13-5+. The maximum absolute atomic E-state index is 13.0. The Morgan fingerprint density at radius 3 is 2.80 bits per heavy atom. The number of rotatable bonds is 2. The molecule has 0 aliphatic heterocycles. The van der Waals surface area contributed by atoms with Crippen molar-refractivity contribution in [1.29, 1.82) is 0 Å². The molecule has 0 saturated carbocycles. The number of nitrogens with one attached hydrogen (secondary N) is 2. The third-order valence-electron chi connectivity index (χ3n) is 1.56. The zero-order valence-electron chi connectivity index (χ0n) is 7.92. The highest BCUT2D eigenvalue weighted by Crippen LogP contribution is 2.06. The van der Waals surface area contributed by atoms with E-state index in [9.17, 15) is 8.78 Å². The fourth-order valence-electron chi connectivity index (χ4n) is 0.823. The first-order valence-electron chi connectivity index (χ1n) is 4.09. The highest BCUT2D eigenvalue weighted by atomic mass is 32.1. The van der Waals surface area contributed by atoms with Gasteiger partial charge < -0.3 is 5.32 Å². The van der Waals surface area contributed by atoms with E-state index in [-0.39, 0.29) is 5.56 Å². The van der Waals surface area contributed by atoms with Crippen LogP contribution in [0.1, 0.15) is 5.56 Å². The van der Waals surface area contributed by atoms with Crippen LogP contribution in [0.25, 0.3) is 0 Å². The van der Waals surface area contributed by atoms with Crippen molar-refractivity contribution in [2.24, 2.45) is 5.10 Å². The molecule has 0 aromatic heterocycles. The second-order valence-corrected chi connectivity index (χ2v) is 3.02. The summed E-state index contributed by atoms with van der Waals surface area (Å²) >= 11 is 4.73. The number of hydrogen-bond donors (Lipinski definition) is 2. The molecule has 0 fully saturated rings. The molecule has 0 spiro atoms. The minimum atomic E-state index is -0.670. The average molecular weight is 229 g/mol. The molecule has 1 aromatic rings. The molecule has 0 atom stereocenters. The predicted octanol–water partition coefficient (Wildman–Crippen LogP) is 1.39. The van der Waals surface area contributed by atoms with Crippen LogP contribution in [0.4, 0.5) is 8.78 Å². The molecule has 6 heteroatoms. The average Bonchev–Trinajstić information content (AvgIpc) is 2.21. The summed E-state index contributed by atoms with van der Waals surface area (Å²) in [5.41, 5.74) is 2.64. The Morgan fingerprint density at radius 1 is 1.47 bits per heavy atom. The fraction of sp³-hybridized carbons (Fsp3) is 0.111. The Kier molecular flexibility index (Phi) is 4.11. The third kappa shape index (κ3) is 3.59. The van der Waals surface area contributed by atoms with Crippen molar-refractivity contribution in [3.63, 3.8) is 0 Å². The van der Waals surface area contributed by atoms with Gasteiger partial charge in [0.1, 0.15) is 11.6 Å². The highest BCUT2D eigenvalue weighted by molar-refractivity contribution is 7.80. The molecule has 0 heterocycles. The van der Waals surface area contributed by atoms with E-state index in [0.29, 0.717) is 5.11 Å². The number of nitrogens with zero attached hydrogens (tertiary/aromatic N) is 1. The molecule has 0 amide bonds. The van der Waals surface area contributed by atoms with Crippen molar-refractivity contribution in [1.82, 2.24) is 10.7 Å². The van der Waals surface area contributed by atoms with Crippen LogP contribution in [-0.2, 0) is 0 Å². The molecule has 0 aliphatic carbocycles. The maximum Gasteiger partial charge on any atom is 0.186 e. The van der Waals surface area contributed by atoms with Gasteiger partial charge in [0.15, 0.2) is 5.11 Å². The molecule has 15 heavy (non-hydrogen) atoms. The lowest BCUT2D eigenvalue weighted by Crippen LogP contribution is -2.28. The van der Waals surface area contributed by atoms with Crippen LogP contribution in [-0.4, -0.2) is 18.4 Å². The van der Waals surface area contributed by atoms with E-state index in [1.54, 1.807) is 7.05 Å². The summed E-state index contributed by atoms with van der Waals surface area (Å²) < 4.78 is 25.6. The Labute approximate surface area is 91.2 Å². The number of benzene rings is 1. The first kappa shape index (κ1) is 11.5. The molecule has 1 aromatic carbocycles. The van der Waals surface area contributed by atoms with Crippen LogP contribution in [0.2, 0.25) is 0 Å². The zero-order chi connectivity index (χ0) is 11.3. The molecule has 0 bridgehead atoms. The number of thiocarbonyl (C=S) groups is 1. The van der Waals surface area contributed by atoms with Gasteiger partial charge in [-0.25, -0.2) is 8.78 Å². The van der Waals surface area contributed by atoms with E-state index in [1.165, 1.54) is 12.3 Å². The second-order valence-electron chi connectivity index (χ2n) is 2.61. The quantitative estimate of drug-likeness (QED) is 0.457. The number of hydrogen-bond acceptors (Lipinski definition) is 2. The molecular weight excluding hydrogens is 220 g/mol. The highest BCUT2D eigenvalue weighted by Gasteiger charge is 2.00. The molecule has 0 unspecified atom stereocenters. The summed E-state index contributed by atoms with van der Waals surface area (Å²) in [6.07, 6.45) is 1.22. The lowest BCUT2D eigenvalue weighted by molar-refractivity contribution is 0.582. The summed E-state index contributed by atoms with van der Waals surface area (Å²) in [6, 6.07) is 3.23.